The van der Waals surface area contributed by atoms with E-state index in [4.69, 9.17) is 4.74 Å². The lowest BCUT2D eigenvalue weighted by Crippen LogP contribution is -2.46. The van der Waals surface area contributed by atoms with Crippen molar-refractivity contribution < 1.29 is 14.3 Å². The summed E-state index contributed by atoms with van der Waals surface area (Å²) in [5.74, 6) is 0.0351. The third-order valence-corrected chi connectivity index (χ3v) is 3.13. The number of amides is 1. The largest absolute Gasteiger partial charge is 0.467 e. The maximum Gasteiger partial charge on any atom is 0.328 e. The molecule has 1 heterocycles. The van der Waals surface area contributed by atoms with Gasteiger partial charge in [0.1, 0.15) is 6.04 Å². The fourth-order valence-corrected chi connectivity index (χ4v) is 2.21. The van der Waals surface area contributed by atoms with Crippen molar-refractivity contribution in [2.75, 3.05) is 20.7 Å². The van der Waals surface area contributed by atoms with E-state index in [-0.39, 0.29) is 17.9 Å². The van der Waals surface area contributed by atoms with Crippen LogP contribution in [-0.4, -0.2) is 49.6 Å². The van der Waals surface area contributed by atoms with Crippen molar-refractivity contribution in [1.29, 1.82) is 0 Å². The Morgan fingerprint density at radius 1 is 1.59 bits per heavy atom. The van der Waals surface area contributed by atoms with E-state index in [1.54, 1.807) is 11.9 Å². The lowest BCUT2D eigenvalue weighted by Gasteiger charge is -2.27. The highest BCUT2D eigenvalue weighted by Crippen LogP contribution is 2.20. The minimum absolute atomic E-state index is 0.00329. The summed E-state index contributed by atoms with van der Waals surface area (Å²) in [6, 6.07) is -0.597. The number of hydrogen-bond donors (Lipinski definition) is 1. The molecule has 0 bridgehead atoms. The van der Waals surface area contributed by atoms with Crippen LogP contribution in [0, 0.1) is 5.92 Å². The number of likely N-dealkylation sites (N-methyl/N-ethyl adjacent to an activating group) is 1. The number of ether oxygens (including phenoxy) is 1. The number of nitrogens with zero attached hydrogens (tertiary/aromatic N) is 1. The molecule has 2 unspecified atom stereocenters. The molecule has 5 nitrogen and oxygen atoms in total. The topological polar surface area (TPSA) is 58.6 Å². The summed E-state index contributed by atoms with van der Waals surface area (Å²) in [5.41, 5.74) is 0. The molecule has 1 amide bonds. The van der Waals surface area contributed by atoms with E-state index in [1.807, 2.05) is 13.8 Å². The van der Waals surface area contributed by atoms with Crippen molar-refractivity contribution in [3.8, 4) is 0 Å². The van der Waals surface area contributed by atoms with Crippen LogP contribution in [0.25, 0.3) is 0 Å². The smallest absolute Gasteiger partial charge is 0.328 e. The molecule has 1 aliphatic heterocycles. The molecule has 0 aromatic heterocycles. The van der Waals surface area contributed by atoms with Crippen molar-refractivity contribution in [2.45, 2.75) is 38.8 Å². The van der Waals surface area contributed by atoms with Gasteiger partial charge >= 0.3 is 5.97 Å². The summed E-state index contributed by atoms with van der Waals surface area (Å²) < 4.78 is 4.79. The molecule has 1 rings (SSSR count). The first-order valence-electron chi connectivity index (χ1n) is 6.06. The molecular weight excluding hydrogens is 220 g/mol. The number of hydrogen-bond acceptors (Lipinski definition) is 4. The third-order valence-electron chi connectivity index (χ3n) is 3.13. The molecule has 0 aromatic carbocycles. The van der Waals surface area contributed by atoms with Crippen LogP contribution >= 0.6 is 0 Å². The van der Waals surface area contributed by atoms with Crippen molar-refractivity contribution in [3.05, 3.63) is 0 Å². The molecule has 17 heavy (non-hydrogen) atoms. The fraction of sp³-hybridized carbons (Fsp3) is 0.833. The lowest BCUT2D eigenvalue weighted by atomic mass is 10.0. The molecule has 0 aliphatic carbocycles. The number of carbonyl (C=O) groups excluding carboxylic acids is 2. The van der Waals surface area contributed by atoms with Gasteiger partial charge in [-0.3, -0.25) is 4.79 Å². The van der Waals surface area contributed by atoms with Crippen LogP contribution in [0.15, 0.2) is 0 Å². The van der Waals surface area contributed by atoms with Gasteiger partial charge < -0.3 is 15.0 Å². The number of likely N-dealkylation sites (tertiary alicyclic amines) is 1. The maximum absolute atomic E-state index is 12.0. The molecule has 0 saturated carbocycles. The Hall–Kier alpha value is -1.10. The number of nitrogens with one attached hydrogen (secondary N) is 1. The summed E-state index contributed by atoms with van der Waals surface area (Å²) in [4.78, 5) is 25.4. The van der Waals surface area contributed by atoms with Crippen molar-refractivity contribution in [1.82, 2.24) is 10.2 Å². The van der Waals surface area contributed by atoms with Gasteiger partial charge in [0.25, 0.3) is 0 Å². The average molecular weight is 242 g/mol. The second kappa shape index (κ2) is 6.00. The third kappa shape index (κ3) is 3.19. The van der Waals surface area contributed by atoms with E-state index in [1.165, 1.54) is 7.11 Å². The van der Waals surface area contributed by atoms with Crippen LogP contribution in [0.5, 0.6) is 0 Å². The van der Waals surface area contributed by atoms with Gasteiger partial charge in [-0.1, -0.05) is 13.8 Å². The van der Waals surface area contributed by atoms with Crippen LogP contribution < -0.4 is 5.32 Å². The molecular formula is C12H22N2O3. The van der Waals surface area contributed by atoms with Gasteiger partial charge in [-0.05, 0) is 25.8 Å². The second-order valence-electron chi connectivity index (χ2n) is 4.83. The predicted octanol–water partition coefficient (Wildman–Crippen LogP) is 0.394. The Morgan fingerprint density at radius 2 is 2.24 bits per heavy atom. The first-order valence-corrected chi connectivity index (χ1v) is 6.06. The molecule has 98 valence electrons. The first-order chi connectivity index (χ1) is 8.01. The van der Waals surface area contributed by atoms with E-state index in [9.17, 15) is 9.59 Å². The first kappa shape index (κ1) is 14.0. The van der Waals surface area contributed by atoms with E-state index in [0.29, 0.717) is 18.9 Å². The zero-order chi connectivity index (χ0) is 13.0. The normalized spacial score (nSPS) is 22.1. The summed E-state index contributed by atoms with van der Waals surface area (Å²) in [7, 11) is 3.13. The molecule has 0 aromatic rings. The second-order valence-corrected chi connectivity index (χ2v) is 4.83. The number of esters is 1. The van der Waals surface area contributed by atoms with Gasteiger partial charge in [-0.2, -0.15) is 0 Å². The van der Waals surface area contributed by atoms with Crippen molar-refractivity contribution in [3.63, 3.8) is 0 Å². The Morgan fingerprint density at radius 3 is 2.65 bits per heavy atom. The highest BCUT2D eigenvalue weighted by Gasteiger charge is 2.38. The molecule has 1 saturated heterocycles. The summed E-state index contributed by atoms with van der Waals surface area (Å²) >= 11 is 0. The predicted molar refractivity (Wildman–Crippen MR) is 64.4 cm³/mol. The zero-order valence-electron chi connectivity index (χ0n) is 11.0. The van der Waals surface area contributed by atoms with E-state index in [0.717, 1.165) is 6.42 Å². The van der Waals surface area contributed by atoms with Gasteiger partial charge in [0.15, 0.2) is 0 Å². The summed E-state index contributed by atoms with van der Waals surface area (Å²) in [6.45, 7) is 4.69. The Balaban J connectivity index is 2.77. The quantitative estimate of drug-likeness (QED) is 0.709. The molecule has 0 radical (unpaired) electrons. The van der Waals surface area contributed by atoms with Crippen LogP contribution in [0.4, 0.5) is 0 Å². The highest BCUT2D eigenvalue weighted by molar-refractivity contribution is 5.89. The van der Waals surface area contributed by atoms with Crippen LogP contribution in [-0.2, 0) is 14.3 Å². The van der Waals surface area contributed by atoms with Gasteiger partial charge in [0.05, 0.1) is 13.2 Å². The number of carbonyl (C=O) groups is 2. The molecule has 0 spiro atoms. The van der Waals surface area contributed by atoms with Crippen LogP contribution in [0.1, 0.15) is 26.7 Å². The van der Waals surface area contributed by atoms with Crippen molar-refractivity contribution >= 4 is 11.9 Å². The molecule has 2 atom stereocenters. The summed E-state index contributed by atoms with van der Waals surface area (Å²) in [5, 5.41) is 2.97. The monoisotopic (exact) mass is 242 g/mol. The summed E-state index contributed by atoms with van der Waals surface area (Å²) in [6.07, 6.45) is 1.40. The molecule has 5 heteroatoms. The standard InChI is InChI=1S/C12H22N2O3/c1-8(2)7-10(12(16)17-4)14-6-5-9(13-3)11(14)15/h8-10,13H,5-7H2,1-4H3. The molecule has 1 fully saturated rings. The van der Waals surface area contributed by atoms with Gasteiger partial charge in [-0.15, -0.1) is 0 Å². The van der Waals surface area contributed by atoms with Gasteiger partial charge in [0.2, 0.25) is 5.91 Å². The van der Waals surface area contributed by atoms with Crippen molar-refractivity contribution in [2.24, 2.45) is 5.92 Å². The fourth-order valence-electron chi connectivity index (χ4n) is 2.21. The molecule has 1 N–H and O–H groups in total. The average Bonchev–Trinajstić information content (AvgIpc) is 2.66. The van der Waals surface area contributed by atoms with E-state index >= 15 is 0 Å². The Kier molecular flexibility index (Phi) is 4.93. The maximum atomic E-state index is 12.0. The van der Waals surface area contributed by atoms with Gasteiger partial charge in [0, 0.05) is 6.54 Å². The minimum Gasteiger partial charge on any atom is -0.467 e. The van der Waals surface area contributed by atoms with Gasteiger partial charge in [-0.25, -0.2) is 4.79 Å². The molecule has 1 aliphatic rings. The SMILES string of the molecule is CNC1CCN(C(CC(C)C)C(=O)OC)C1=O. The van der Waals surface area contributed by atoms with Crippen LogP contribution in [0.3, 0.4) is 0 Å². The Bertz CT molecular complexity index is 291. The van der Waals surface area contributed by atoms with E-state index < -0.39 is 6.04 Å². The Labute approximate surface area is 102 Å². The van der Waals surface area contributed by atoms with E-state index in [2.05, 4.69) is 5.32 Å². The zero-order valence-corrected chi connectivity index (χ0v) is 11.0. The number of methoxy groups -OCH3 is 1. The van der Waals surface area contributed by atoms with Crippen LogP contribution in [0.2, 0.25) is 0 Å². The highest BCUT2D eigenvalue weighted by atomic mass is 16.5. The number of rotatable bonds is 5. The minimum atomic E-state index is -0.439. The lowest BCUT2D eigenvalue weighted by molar-refractivity contribution is -0.152.